The zero-order chi connectivity index (χ0) is 12.4. The summed E-state index contributed by atoms with van der Waals surface area (Å²) >= 11 is 3.36. The highest BCUT2D eigenvalue weighted by molar-refractivity contribution is 9.10. The van der Waals surface area contributed by atoms with Crippen LogP contribution < -0.4 is 5.32 Å². The number of amides is 2. The highest BCUT2D eigenvalue weighted by Gasteiger charge is 2.24. The minimum Gasteiger partial charge on any atom is -0.353 e. The molecule has 0 radical (unpaired) electrons. The van der Waals surface area contributed by atoms with Crippen LogP contribution in [0.15, 0.2) is 16.7 Å². The number of nitrogens with one attached hydrogen (secondary N) is 1. The summed E-state index contributed by atoms with van der Waals surface area (Å²) in [5.74, 6) is -0.189. The van der Waals surface area contributed by atoms with Crippen LogP contribution in [0.5, 0.6) is 0 Å². The van der Waals surface area contributed by atoms with Gasteiger partial charge >= 0.3 is 0 Å². The molecule has 1 fully saturated rings. The molecule has 2 rings (SSSR count). The molecule has 1 N–H and O–H groups in total. The second-order valence-corrected chi connectivity index (χ2v) is 4.82. The molecular formula is C11H14BrN3O2. The van der Waals surface area contributed by atoms with E-state index in [9.17, 15) is 9.59 Å². The molecule has 0 atom stereocenters. The van der Waals surface area contributed by atoms with Crippen molar-refractivity contribution in [2.75, 3.05) is 19.6 Å². The summed E-state index contributed by atoms with van der Waals surface area (Å²) in [4.78, 5) is 25.1. The Hall–Kier alpha value is -1.30. The highest BCUT2D eigenvalue weighted by atomic mass is 79.9. The van der Waals surface area contributed by atoms with Crippen molar-refractivity contribution in [3.05, 3.63) is 22.4 Å². The fourth-order valence-electron chi connectivity index (χ4n) is 1.89. The summed E-state index contributed by atoms with van der Waals surface area (Å²) in [5.41, 5.74) is 0.620. The summed E-state index contributed by atoms with van der Waals surface area (Å²) in [6.45, 7) is 3.94. The first-order valence-electron chi connectivity index (χ1n) is 5.53. The molecule has 1 aromatic rings. The molecule has 1 aliphatic heterocycles. The number of hydrogen-bond acceptors (Lipinski definition) is 2. The van der Waals surface area contributed by atoms with Crippen molar-refractivity contribution < 1.29 is 9.59 Å². The van der Waals surface area contributed by atoms with Crippen molar-refractivity contribution >= 4 is 27.7 Å². The average Bonchev–Trinajstić information content (AvgIpc) is 2.69. The van der Waals surface area contributed by atoms with Crippen molar-refractivity contribution in [3.63, 3.8) is 0 Å². The molecule has 6 heteroatoms. The molecule has 0 bridgehead atoms. The van der Waals surface area contributed by atoms with Gasteiger partial charge in [-0.1, -0.05) is 0 Å². The quantitative estimate of drug-likeness (QED) is 0.880. The molecule has 0 aromatic carbocycles. The molecule has 2 amide bonds. The van der Waals surface area contributed by atoms with Gasteiger partial charge in [0.2, 0.25) is 5.91 Å². The Labute approximate surface area is 108 Å². The highest BCUT2D eigenvalue weighted by Crippen LogP contribution is 2.17. The Kier molecular flexibility index (Phi) is 3.51. The van der Waals surface area contributed by atoms with Crippen LogP contribution in [0.3, 0.4) is 0 Å². The van der Waals surface area contributed by atoms with E-state index in [1.165, 1.54) is 0 Å². The number of carbonyl (C=O) groups is 2. The van der Waals surface area contributed by atoms with E-state index in [4.69, 9.17) is 0 Å². The van der Waals surface area contributed by atoms with Crippen molar-refractivity contribution in [2.45, 2.75) is 13.5 Å². The number of carbonyl (C=O) groups excluding carboxylic acids is 2. The van der Waals surface area contributed by atoms with E-state index >= 15 is 0 Å². The van der Waals surface area contributed by atoms with E-state index in [-0.39, 0.29) is 18.4 Å². The fourth-order valence-corrected chi connectivity index (χ4v) is 2.35. The lowest BCUT2D eigenvalue weighted by Gasteiger charge is -2.26. The standard InChI is InChI=1S/C11H14BrN3O2/c1-2-14-6-8(12)5-9(14)11(17)15-4-3-13-10(16)7-15/h5-6H,2-4,7H2,1H3,(H,13,16). The third-order valence-electron chi connectivity index (χ3n) is 2.75. The first-order chi connectivity index (χ1) is 8.11. The number of hydrogen-bond donors (Lipinski definition) is 1. The Bertz CT molecular complexity index is 456. The Balaban J connectivity index is 2.20. The molecular weight excluding hydrogens is 286 g/mol. The molecule has 1 aliphatic rings. The zero-order valence-corrected chi connectivity index (χ0v) is 11.2. The Morgan fingerprint density at radius 1 is 1.59 bits per heavy atom. The Morgan fingerprint density at radius 3 is 3.00 bits per heavy atom. The summed E-state index contributed by atoms with van der Waals surface area (Å²) in [5, 5.41) is 2.70. The van der Waals surface area contributed by atoms with Crippen molar-refractivity contribution in [1.82, 2.24) is 14.8 Å². The van der Waals surface area contributed by atoms with Gasteiger partial charge in [0, 0.05) is 30.3 Å². The first kappa shape index (κ1) is 12.2. The maximum Gasteiger partial charge on any atom is 0.271 e. The van der Waals surface area contributed by atoms with Gasteiger partial charge in [0.1, 0.15) is 5.69 Å². The molecule has 17 heavy (non-hydrogen) atoms. The molecule has 0 saturated carbocycles. The molecule has 0 spiro atoms. The van der Waals surface area contributed by atoms with Crippen LogP contribution in [0.1, 0.15) is 17.4 Å². The van der Waals surface area contributed by atoms with Gasteiger partial charge in [-0.05, 0) is 28.9 Å². The molecule has 5 nitrogen and oxygen atoms in total. The second kappa shape index (κ2) is 4.91. The Morgan fingerprint density at radius 2 is 2.35 bits per heavy atom. The van der Waals surface area contributed by atoms with Gasteiger partial charge in [-0.2, -0.15) is 0 Å². The molecule has 0 aliphatic carbocycles. The largest absolute Gasteiger partial charge is 0.353 e. The molecule has 1 saturated heterocycles. The van der Waals surface area contributed by atoms with Crippen LogP contribution in [0.2, 0.25) is 0 Å². The van der Waals surface area contributed by atoms with E-state index in [1.807, 2.05) is 17.7 Å². The van der Waals surface area contributed by atoms with Crippen LogP contribution >= 0.6 is 15.9 Å². The summed E-state index contributed by atoms with van der Waals surface area (Å²) in [6, 6.07) is 1.79. The van der Waals surface area contributed by atoms with Crippen LogP contribution in [0.4, 0.5) is 0 Å². The van der Waals surface area contributed by atoms with E-state index in [1.54, 1.807) is 11.0 Å². The average molecular weight is 300 g/mol. The van der Waals surface area contributed by atoms with Crippen LogP contribution in [0.25, 0.3) is 0 Å². The van der Waals surface area contributed by atoms with Gasteiger partial charge in [-0.25, -0.2) is 0 Å². The van der Waals surface area contributed by atoms with Gasteiger partial charge in [0.25, 0.3) is 5.91 Å². The minimum absolute atomic E-state index is 0.0904. The number of aryl methyl sites for hydroxylation is 1. The summed E-state index contributed by atoms with van der Waals surface area (Å²) in [7, 11) is 0. The second-order valence-electron chi connectivity index (χ2n) is 3.91. The smallest absolute Gasteiger partial charge is 0.271 e. The first-order valence-corrected chi connectivity index (χ1v) is 6.32. The number of nitrogens with zero attached hydrogens (tertiary/aromatic N) is 2. The van der Waals surface area contributed by atoms with Crippen LogP contribution in [0, 0.1) is 0 Å². The fraction of sp³-hybridized carbons (Fsp3) is 0.455. The van der Waals surface area contributed by atoms with Gasteiger partial charge in [0.05, 0.1) is 6.54 Å². The maximum absolute atomic E-state index is 12.2. The summed E-state index contributed by atoms with van der Waals surface area (Å²) in [6.07, 6.45) is 1.87. The van der Waals surface area contributed by atoms with Gasteiger partial charge in [-0.3, -0.25) is 9.59 Å². The predicted octanol–water partition coefficient (Wildman–Crippen LogP) is 0.842. The van der Waals surface area contributed by atoms with Crippen molar-refractivity contribution in [2.24, 2.45) is 0 Å². The van der Waals surface area contributed by atoms with E-state index in [0.717, 1.165) is 11.0 Å². The van der Waals surface area contributed by atoms with E-state index < -0.39 is 0 Å². The molecule has 0 unspecified atom stereocenters. The maximum atomic E-state index is 12.2. The number of aromatic nitrogens is 1. The monoisotopic (exact) mass is 299 g/mol. The molecule has 2 heterocycles. The van der Waals surface area contributed by atoms with Crippen molar-refractivity contribution in [1.29, 1.82) is 0 Å². The third kappa shape index (κ3) is 2.52. The lowest BCUT2D eigenvalue weighted by molar-refractivity contribution is -0.123. The van der Waals surface area contributed by atoms with E-state index in [2.05, 4.69) is 21.2 Å². The summed E-state index contributed by atoms with van der Waals surface area (Å²) < 4.78 is 2.75. The number of halogens is 1. The lowest BCUT2D eigenvalue weighted by atomic mass is 10.3. The van der Waals surface area contributed by atoms with Crippen LogP contribution in [-0.2, 0) is 11.3 Å². The normalized spacial score (nSPS) is 15.9. The lowest BCUT2D eigenvalue weighted by Crippen LogP contribution is -2.50. The van der Waals surface area contributed by atoms with Gasteiger partial charge < -0.3 is 14.8 Å². The molecule has 92 valence electrons. The topological polar surface area (TPSA) is 54.3 Å². The van der Waals surface area contributed by atoms with Crippen molar-refractivity contribution in [3.8, 4) is 0 Å². The molecule has 1 aromatic heterocycles. The minimum atomic E-state index is -0.0988. The predicted molar refractivity (Wildman–Crippen MR) is 66.7 cm³/mol. The van der Waals surface area contributed by atoms with Crippen LogP contribution in [-0.4, -0.2) is 40.9 Å². The van der Waals surface area contributed by atoms with Gasteiger partial charge in [0.15, 0.2) is 0 Å². The third-order valence-corrected chi connectivity index (χ3v) is 3.18. The SMILES string of the molecule is CCn1cc(Br)cc1C(=O)N1CCNC(=O)C1. The van der Waals surface area contributed by atoms with Gasteiger partial charge in [-0.15, -0.1) is 0 Å². The number of rotatable bonds is 2. The van der Waals surface area contributed by atoms with E-state index in [0.29, 0.717) is 18.8 Å². The zero-order valence-electron chi connectivity index (χ0n) is 9.57. The number of piperazine rings is 1.